The van der Waals surface area contributed by atoms with Gasteiger partial charge in [-0.1, -0.05) is 43.1 Å². The maximum absolute atomic E-state index is 14.6. The van der Waals surface area contributed by atoms with Crippen LogP contribution in [0.5, 0.6) is 11.5 Å². The molecular formula is C34H20F10O2. The van der Waals surface area contributed by atoms with Crippen LogP contribution in [-0.2, 0) is 12.5 Å². The van der Waals surface area contributed by atoms with Crippen molar-refractivity contribution in [3.8, 4) is 35.2 Å². The lowest BCUT2D eigenvalue weighted by molar-refractivity contribution is -0.276. The molecule has 4 aromatic rings. The van der Waals surface area contributed by atoms with E-state index in [0.717, 1.165) is 37.0 Å². The summed E-state index contributed by atoms with van der Waals surface area (Å²) in [6.45, 7) is 2.03. The van der Waals surface area contributed by atoms with E-state index in [-0.39, 0.29) is 34.4 Å². The summed E-state index contributed by atoms with van der Waals surface area (Å²) < 4.78 is 145. The van der Waals surface area contributed by atoms with Crippen LogP contribution < -0.4 is 9.47 Å². The minimum atomic E-state index is -5.46. The first-order valence-corrected chi connectivity index (χ1v) is 13.4. The van der Waals surface area contributed by atoms with Crippen molar-refractivity contribution in [2.24, 2.45) is 0 Å². The van der Waals surface area contributed by atoms with Crippen molar-refractivity contribution in [2.45, 2.75) is 38.7 Å². The molecule has 0 atom stereocenters. The highest BCUT2D eigenvalue weighted by molar-refractivity contribution is 5.49. The number of hydrogen-bond donors (Lipinski definition) is 0. The summed E-state index contributed by atoms with van der Waals surface area (Å²) in [6.07, 6.45) is -7.37. The van der Waals surface area contributed by atoms with Crippen molar-refractivity contribution in [2.75, 3.05) is 0 Å². The Kier molecular flexibility index (Phi) is 10.2. The highest BCUT2D eigenvalue weighted by Gasteiger charge is 2.39. The zero-order valence-electron chi connectivity index (χ0n) is 23.6. The predicted molar refractivity (Wildman–Crippen MR) is 147 cm³/mol. The van der Waals surface area contributed by atoms with Gasteiger partial charge >= 0.3 is 12.5 Å². The first-order valence-electron chi connectivity index (χ1n) is 13.4. The Hall–Kier alpha value is -5.10. The molecule has 46 heavy (non-hydrogen) atoms. The Morgan fingerprint density at radius 1 is 0.587 bits per heavy atom. The normalized spacial score (nSPS) is 11.3. The number of aryl methyl sites for hydroxylation is 1. The Balaban J connectivity index is 1.47. The molecule has 0 heterocycles. The zero-order valence-corrected chi connectivity index (χ0v) is 23.6. The lowest BCUT2D eigenvalue weighted by Gasteiger charge is -2.19. The van der Waals surface area contributed by atoms with Crippen LogP contribution >= 0.6 is 0 Å². The van der Waals surface area contributed by atoms with Crippen molar-refractivity contribution >= 4 is 0 Å². The van der Waals surface area contributed by atoms with Gasteiger partial charge in [0.2, 0.25) is 5.75 Å². The van der Waals surface area contributed by atoms with E-state index in [9.17, 15) is 43.9 Å². The number of rotatable bonds is 7. The molecule has 4 aromatic carbocycles. The lowest BCUT2D eigenvalue weighted by atomic mass is 10.1. The molecule has 0 radical (unpaired) electrons. The van der Waals surface area contributed by atoms with Gasteiger partial charge in [-0.3, -0.25) is 0 Å². The summed E-state index contributed by atoms with van der Waals surface area (Å²) >= 11 is 0. The third-order valence-electron chi connectivity index (χ3n) is 6.22. The van der Waals surface area contributed by atoms with Crippen LogP contribution in [0.25, 0.3) is 0 Å². The van der Waals surface area contributed by atoms with Crippen molar-refractivity contribution in [1.29, 1.82) is 0 Å². The highest BCUT2D eigenvalue weighted by Crippen LogP contribution is 2.37. The smallest absolute Gasteiger partial charge is 0.429 e. The van der Waals surface area contributed by atoms with Gasteiger partial charge in [-0.05, 0) is 66.9 Å². The maximum atomic E-state index is 14.6. The highest BCUT2D eigenvalue weighted by atomic mass is 19.4. The second-order valence-corrected chi connectivity index (χ2v) is 9.69. The van der Waals surface area contributed by atoms with E-state index in [0.29, 0.717) is 12.1 Å². The molecule has 0 aromatic heterocycles. The van der Waals surface area contributed by atoms with Crippen LogP contribution in [0.4, 0.5) is 43.9 Å². The fraction of sp³-hybridized carbons (Fsp3) is 0.176. The third-order valence-corrected chi connectivity index (χ3v) is 6.22. The summed E-state index contributed by atoms with van der Waals surface area (Å²) in [5, 5.41) is 0. The Bertz CT molecular complexity index is 1850. The van der Waals surface area contributed by atoms with Crippen LogP contribution in [0.15, 0.2) is 66.7 Å². The molecule has 12 heteroatoms. The average molecular weight is 651 g/mol. The minimum absolute atomic E-state index is 0.00511. The molecule has 0 aliphatic heterocycles. The predicted octanol–water partition coefficient (Wildman–Crippen LogP) is 9.55. The Morgan fingerprint density at radius 3 is 1.65 bits per heavy atom. The molecule has 4 rings (SSSR count). The van der Waals surface area contributed by atoms with Crippen LogP contribution in [0.1, 0.15) is 53.1 Å². The SMILES string of the molecule is CCCCc1ccc(C#Cc2ccc(C#Cc3ccc(C(F)(F)Oc4cc(F)c(OC(F)(F)F)c(F)c4)c(F)c3)c(F)c2)c(F)c1. The molecule has 0 unspecified atom stereocenters. The summed E-state index contributed by atoms with van der Waals surface area (Å²) in [7, 11) is 0. The van der Waals surface area contributed by atoms with Crippen LogP contribution in [0.3, 0.4) is 0 Å². The summed E-state index contributed by atoms with van der Waals surface area (Å²) in [4.78, 5) is 0. The van der Waals surface area contributed by atoms with Crippen molar-refractivity contribution in [3.05, 3.63) is 129 Å². The molecule has 0 fully saturated rings. The van der Waals surface area contributed by atoms with E-state index in [4.69, 9.17) is 0 Å². The molecule has 238 valence electrons. The van der Waals surface area contributed by atoms with Crippen molar-refractivity contribution in [1.82, 2.24) is 0 Å². The van der Waals surface area contributed by atoms with E-state index in [1.54, 1.807) is 12.1 Å². The second kappa shape index (κ2) is 13.9. The first-order chi connectivity index (χ1) is 21.6. The molecule has 0 bridgehead atoms. The molecule has 0 aliphatic carbocycles. The second-order valence-electron chi connectivity index (χ2n) is 9.69. The van der Waals surface area contributed by atoms with E-state index in [1.165, 1.54) is 18.2 Å². The monoisotopic (exact) mass is 650 g/mol. The number of unbranched alkanes of at least 4 members (excludes halogenated alkanes) is 1. The molecular weight excluding hydrogens is 630 g/mol. The van der Waals surface area contributed by atoms with Gasteiger partial charge in [0.25, 0.3) is 0 Å². The molecule has 0 amide bonds. The molecule has 2 nitrogen and oxygen atoms in total. The van der Waals surface area contributed by atoms with E-state index in [2.05, 4.69) is 33.2 Å². The quantitative estimate of drug-likeness (QED) is 0.147. The lowest BCUT2D eigenvalue weighted by Crippen LogP contribution is -2.24. The molecule has 0 saturated heterocycles. The van der Waals surface area contributed by atoms with Gasteiger partial charge < -0.3 is 9.47 Å². The maximum Gasteiger partial charge on any atom is 0.573 e. The van der Waals surface area contributed by atoms with E-state index < -0.39 is 58.6 Å². The number of hydrogen-bond acceptors (Lipinski definition) is 2. The first kappa shape index (κ1) is 33.8. The fourth-order valence-electron chi connectivity index (χ4n) is 4.01. The number of alkyl halides is 5. The number of halogens is 10. The van der Waals surface area contributed by atoms with Gasteiger partial charge in [0, 0.05) is 23.3 Å². The van der Waals surface area contributed by atoms with Gasteiger partial charge in [0.15, 0.2) is 11.6 Å². The van der Waals surface area contributed by atoms with Gasteiger partial charge in [0.05, 0.1) is 11.1 Å². The van der Waals surface area contributed by atoms with E-state index >= 15 is 0 Å². The summed E-state index contributed by atoms with van der Waals surface area (Å²) in [5.41, 5.74) is -0.496. The van der Waals surface area contributed by atoms with Gasteiger partial charge in [0.1, 0.15) is 28.8 Å². The topological polar surface area (TPSA) is 18.5 Å². The van der Waals surface area contributed by atoms with Crippen LogP contribution in [-0.4, -0.2) is 6.36 Å². The number of benzene rings is 4. The van der Waals surface area contributed by atoms with Gasteiger partial charge in [-0.25, -0.2) is 22.0 Å². The molecule has 0 spiro atoms. The zero-order chi connectivity index (χ0) is 33.6. The summed E-state index contributed by atoms with van der Waals surface area (Å²) in [6, 6.07) is 10.5. The Morgan fingerprint density at radius 2 is 1.13 bits per heavy atom. The third kappa shape index (κ3) is 8.75. The van der Waals surface area contributed by atoms with Crippen molar-refractivity contribution in [3.63, 3.8) is 0 Å². The molecule has 0 aliphatic rings. The van der Waals surface area contributed by atoms with Crippen LogP contribution in [0, 0.1) is 52.8 Å². The molecule has 0 N–H and O–H groups in total. The molecule has 0 saturated carbocycles. The van der Waals surface area contributed by atoms with Gasteiger partial charge in [-0.15, -0.1) is 13.2 Å². The largest absolute Gasteiger partial charge is 0.573 e. The Labute approximate surface area is 256 Å². The van der Waals surface area contributed by atoms with Gasteiger partial charge in [-0.2, -0.15) is 8.78 Å². The minimum Gasteiger partial charge on any atom is -0.429 e. The number of ether oxygens (including phenoxy) is 2. The fourth-order valence-corrected chi connectivity index (χ4v) is 4.01. The average Bonchev–Trinajstić information content (AvgIpc) is 2.96. The van der Waals surface area contributed by atoms with Crippen molar-refractivity contribution < 1.29 is 53.4 Å². The van der Waals surface area contributed by atoms with E-state index in [1.807, 2.05) is 6.92 Å². The summed E-state index contributed by atoms with van der Waals surface area (Å²) in [5.74, 6) is 0.135. The standard InChI is InChI=1S/C34H20F10O2/c1-2-3-4-20-5-10-23(27(35)15-20)11-6-21-7-12-24(28(36)16-21)13-8-22-9-14-26(29(37)17-22)33(40,41)45-25-18-30(38)32(31(39)19-25)46-34(42,43)44/h5,7,9-10,12,14-19H,2-4H2,1H3. The van der Waals surface area contributed by atoms with Crippen LogP contribution in [0.2, 0.25) is 0 Å².